The van der Waals surface area contributed by atoms with Crippen molar-refractivity contribution in [2.45, 2.75) is 37.4 Å². The third kappa shape index (κ3) is 5.32. The van der Waals surface area contributed by atoms with Crippen LogP contribution in [0.5, 0.6) is 0 Å². The summed E-state index contributed by atoms with van der Waals surface area (Å²) in [5, 5.41) is 24.9. The van der Waals surface area contributed by atoms with Gasteiger partial charge < -0.3 is 10.1 Å². The first-order valence-corrected chi connectivity index (χ1v) is 11.5. The van der Waals surface area contributed by atoms with Gasteiger partial charge in [0.1, 0.15) is 0 Å². The Morgan fingerprint density at radius 2 is 1.91 bits per heavy atom. The maximum Gasteiger partial charge on any atom is 0.336 e. The minimum Gasteiger partial charge on any atom is -0.463 e. The SMILES string of the molecule is CCOC(=O)C1=C(CCC(Br)c2ccccc2)NC(C)=C(C#N)C1c1ccccc1[N+](=O)[O-]. The molecule has 3 rings (SSSR count). The van der Waals surface area contributed by atoms with Crippen LogP contribution in [0.2, 0.25) is 0 Å². The second-order valence-corrected chi connectivity index (χ2v) is 8.66. The van der Waals surface area contributed by atoms with Crippen molar-refractivity contribution in [2.24, 2.45) is 0 Å². The van der Waals surface area contributed by atoms with Gasteiger partial charge in [0.05, 0.1) is 34.7 Å². The van der Waals surface area contributed by atoms with E-state index in [0.717, 1.165) is 5.56 Å². The van der Waals surface area contributed by atoms with Gasteiger partial charge in [0.25, 0.3) is 5.69 Å². The molecule has 170 valence electrons. The van der Waals surface area contributed by atoms with E-state index in [2.05, 4.69) is 27.3 Å². The first-order chi connectivity index (χ1) is 15.9. The number of nitro groups is 1. The molecule has 0 bridgehead atoms. The lowest BCUT2D eigenvalue weighted by Gasteiger charge is -2.30. The number of ether oxygens (including phenoxy) is 1. The molecular formula is C25H24BrN3O4. The van der Waals surface area contributed by atoms with Gasteiger partial charge in [-0.3, -0.25) is 10.1 Å². The first kappa shape index (κ1) is 24.2. The predicted molar refractivity (Wildman–Crippen MR) is 128 cm³/mol. The highest BCUT2D eigenvalue weighted by molar-refractivity contribution is 9.09. The molecule has 8 heteroatoms. The molecule has 1 N–H and O–H groups in total. The molecule has 2 unspecified atom stereocenters. The zero-order valence-electron chi connectivity index (χ0n) is 18.4. The molecule has 0 aliphatic carbocycles. The molecule has 2 aromatic rings. The Hall–Kier alpha value is -3.44. The van der Waals surface area contributed by atoms with Crippen LogP contribution in [-0.4, -0.2) is 17.5 Å². The average Bonchev–Trinajstić information content (AvgIpc) is 2.82. The Morgan fingerprint density at radius 1 is 1.24 bits per heavy atom. The van der Waals surface area contributed by atoms with Crippen molar-refractivity contribution < 1.29 is 14.5 Å². The van der Waals surface area contributed by atoms with Gasteiger partial charge in [-0.1, -0.05) is 64.5 Å². The fraction of sp³-hybridized carbons (Fsp3) is 0.280. The van der Waals surface area contributed by atoms with E-state index in [1.807, 2.05) is 30.3 Å². The number of nitrogens with zero attached hydrogens (tertiary/aromatic N) is 2. The molecule has 1 aliphatic heterocycles. The van der Waals surface area contributed by atoms with Crippen molar-refractivity contribution in [3.8, 4) is 6.07 Å². The number of carbonyl (C=O) groups excluding carboxylic acids is 1. The van der Waals surface area contributed by atoms with Gasteiger partial charge in [-0.15, -0.1) is 0 Å². The molecule has 0 saturated heterocycles. The van der Waals surface area contributed by atoms with Crippen LogP contribution in [-0.2, 0) is 9.53 Å². The summed E-state index contributed by atoms with van der Waals surface area (Å²) in [6.45, 7) is 3.59. The van der Waals surface area contributed by atoms with Crippen LogP contribution in [0.4, 0.5) is 5.69 Å². The monoisotopic (exact) mass is 509 g/mol. The second kappa shape index (κ2) is 10.9. The summed E-state index contributed by atoms with van der Waals surface area (Å²) in [6, 6.07) is 18.3. The molecule has 2 atom stereocenters. The van der Waals surface area contributed by atoms with E-state index in [9.17, 15) is 20.2 Å². The summed E-state index contributed by atoms with van der Waals surface area (Å²) in [5.41, 5.74) is 2.91. The third-order valence-corrected chi connectivity index (χ3v) is 6.50. The summed E-state index contributed by atoms with van der Waals surface area (Å²) >= 11 is 3.71. The van der Waals surface area contributed by atoms with Gasteiger partial charge in [0.15, 0.2) is 0 Å². The first-order valence-electron chi connectivity index (χ1n) is 10.6. The van der Waals surface area contributed by atoms with E-state index in [-0.39, 0.29) is 28.3 Å². The van der Waals surface area contributed by atoms with Crippen LogP contribution in [0, 0.1) is 21.4 Å². The lowest BCUT2D eigenvalue weighted by molar-refractivity contribution is -0.385. The number of hydrogen-bond donors (Lipinski definition) is 1. The van der Waals surface area contributed by atoms with Gasteiger partial charge in [-0.25, -0.2) is 4.79 Å². The Balaban J connectivity index is 2.10. The molecule has 0 aromatic heterocycles. The minimum absolute atomic E-state index is 0.0441. The average molecular weight is 510 g/mol. The van der Waals surface area contributed by atoms with Crippen molar-refractivity contribution in [1.82, 2.24) is 5.32 Å². The van der Waals surface area contributed by atoms with E-state index in [1.54, 1.807) is 32.0 Å². The molecular weight excluding hydrogens is 486 g/mol. The topological polar surface area (TPSA) is 105 Å². The maximum atomic E-state index is 13.1. The summed E-state index contributed by atoms with van der Waals surface area (Å²) in [4.78, 5) is 24.4. The Kier molecular flexibility index (Phi) is 8.01. The summed E-state index contributed by atoms with van der Waals surface area (Å²) < 4.78 is 5.33. The highest BCUT2D eigenvalue weighted by Crippen LogP contribution is 2.43. The highest BCUT2D eigenvalue weighted by Gasteiger charge is 2.38. The number of esters is 1. The molecule has 0 spiro atoms. The standard InChI is InChI=1S/C25H24BrN3O4/c1-3-33-25(30)24-21(14-13-20(26)17-9-5-4-6-10-17)28-16(2)19(15-27)23(24)18-11-7-8-12-22(18)29(31)32/h4-12,20,23,28H,3,13-14H2,1-2H3. The highest BCUT2D eigenvalue weighted by atomic mass is 79.9. The molecule has 1 aliphatic rings. The number of hydrogen-bond acceptors (Lipinski definition) is 6. The van der Waals surface area contributed by atoms with Crippen LogP contribution >= 0.6 is 15.9 Å². The summed E-state index contributed by atoms with van der Waals surface area (Å²) in [7, 11) is 0. The maximum absolute atomic E-state index is 13.1. The van der Waals surface area contributed by atoms with Crippen molar-refractivity contribution in [3.05, 3.63) is 98.4 Å². The second-order valence-electron chi connectivity index (χ2n) is 7.55. The van der Waals surface area contributed by atoms with Crippen molar-refractivity contribution in [3.63, 3.8) is 0 Å². The van der Waals surface area contributed by atoms with Gasteiger partial charge >= 0.3 is 5.97 Å². The van der Waals surface area contributed by atoms with Crippen LogP contribution < -0.4 is 5.32 Å². The lowest BCUT2D eigenvalue weighted by atomic mass is 9.79. The van der Waals surface area contributed by atoms with Crippen LogP contribution in [0.15, 0.2) is 77.1 Å². The Labute approximate surface area is 201 Å². The molecule has 0 saturated carbocycles. The minimum atomic E-state index is -0.891. The van der Waals surface area contributed by atoms with Gasteiger partial charge in [-0.2, -0.15) is 5.26 Å². The molecule has 0 fully saturated rings. The fourth-order valence-corrected chi connectivity index (χ4v) is 4.53. The number of allylic oxidation sites excluding steroid dienone is 3. The number of carbonyl (C=O) groups is 1. The Bertz CT molecular complexity index is 1150. The number of para-hydroxylation sites is 1. The number of nitro benzene ring substituents is 1. The van der Waals surface area contributed by atoms with Crippen LogP contribution in [0.25, 0.3) is 0 Å². The molecule has 2 aromatic carbocycles. The number of rotatable bonds is 8. The third-order valence-electron chi connectivity index (χ3n) is 5.51. The number of benzene rings is 2. The normalized spacial score (nSPS) is 16.6. The zero-order chi connectivity index (χ0) is 24.0. The quantitative estimate of drug-likeness (QED) is 0.208. The van der Waals surface area contributed by atoms with Crippen molar-refractivity contribution >= 4 is 27.6 Å². The smallest absolute Gasteiger partial charge is 0.336 e. The van der Waals surface area contributed by atoms with E-state index in [4.69, 9.17) is 4.74 Å². The van der Waals surface area contributed by atoms with E-state index >= 15 is 0 Å². The molecule has 0 radical (unpaired) electrons. The number of nitrogens with one attached hydrogen (secondary N) is 1. The van der Waals surface area contributed by atoms with Gasteiger partial charge in [-0.05, 0) is 32.3 Å². The molecule has 0 amide bonds. The largest absolute Gasteiger partial charge is 0.463 e. The molecule has 1 heterocycles. The van der Waals surface area contributed by atoms with Gasteiger partial charge in [0, 0.05) is 27.9 Å². The zero-order valence-corrected chi connectivity index (χ0v) is 20.0. The fourth-order valence-electron chi connectivity index (χ4n) is 4.00. The number of dihydropyridines is 1. The Morgan fingerprint density at radius 3 is 2.55 bits per heavy atom. The van der Waals surface area contributed by atoms with Crippen molar-refractivity contribution in [2.75, 3.05) is 6.61 Å². The van der Waals surface area contributed by atoms with Crippen LogP contribution in [0.1, 0.15) is 48.6 Å². The lowest BCUT2D eigenvalue weighted by Crippen LogP contribution is -2.30. The number of halogens is 1. The number of alkyl halides is 1. The van der Waals surface area contributed by atoms with Gasteiger partial charge in [0.2, 0.25) is 0 Å². The van der Waals surface area contributed by atoms with Crippen LogP contribution in [0.3, 0.4) is 0 Å². The summed E-state index contributed by atoms with van der Waals surface area (Å²) in [6.07, 6.45) is 1.14. The number of nitriles is 1. The van der Waals surface area contributed by atoms with Crippen molar-refractivity contribution in [1.29, 1.82) is 5.26 Å². The van der Waals surface area contributed by atoms with E-state index in [0.29, 0.717) is 29.8 Å². The molecule has 33 heavy (non-hydrogen) atoms. The molecule has 7 nitrogen and oxygen atoms in total. The van der Waals surface area contributed by atoms with E-state index < -0.39 is 16.8 Å². The predicted octanol–water partition coefficient (Wildman–Crippen LogP) is 5.81. The van der Waals surface area contributed by atoms with E-state index in [1.165, 1.54) is 6.07 Å². The summed E-state index contributed by atoms with van der Waals surface area (Å²) in [5.74, 6) is -1.48.